The van der Waals surface area contributed by atoms with E-state index in [1.165, 1.54) is 0 Å². The average molecular weight is 280 g/mol. The van der Waals surface area contributed by atoms with Gasteiger partial charge in [0.2, 0.25) is 5.78 Å². The van der Waals surface area contributed by atoms with Crippen LogP contribution in [0.3, 0.4) is 0 Å². The highest BCUT2D eigenvalue weighted by Crippen LogP contribution is 2.57. The molecular formula is C8H9O3PS3. The summed E-state index contributed by atoms with van der Waals surface area (Å²) in [5, 5.41) is 0. The smallest absolute Gasteiger partial charge is 0.291 e. The van der Waals surface area contributed by atoms with E-state index in [1.807, 2.05) is 0 Å². The summed E-state index contributed by atoms with van der Waals surface area (Å²) in [5.74, 6) is -3.68. The van der Waals surface area contributed by atoms with Gasteiger partial charge in [-0.25, -0.2) is 0 Å². The number of Topliss-reactive ketones (excluding diaryl/α,β-unsaturated/α-hetero) is 1. The molecule has 7 heteroatoms. The molecule has 0 saturated carbocycles. The van der Waals surface area contributed by atoms with Crippen LogP contribution in [-0.4, -0.2) is 11.2 Å². The maximum atomic E-state index is 11.6. The SMILES string of the molecule is O=C(c1ccccc1)C(S)OP(=O)(S)S. The molecule has 0 heterocycles. The van der Waals surface area contributed by atoms with Gasteiger partial charge < -0.3 is 0 Å². The molecule has 0 fully saturated rings. The Labute approximate surface area is 104 Å². The highest BCUT2D eigenvalue weighted by molar-refractivity contribution is 8.79. The molecule has 0 aliphatic carbocycles. The van der Waals surface area contributed by atoms with Gasteiger partial charge >= 0.3 is 5.77 Å². The Morgan fingerprint density at radius 3 is 2.27 bits per heavy atom. The highest BCUT2D eigenvalue weighted by atomic mass is 33.1. The number of hydrogen-bond donors (Lipinski definition) is 3. The lowest BCUT2D eigenvalue weighted by atomic mass is 10.1. The maximum Gasteiger partial charge on any atom is 0.308 e. The van der Waals surface area contributed by atoms with Gasteiger partial charge in [-0.3, -0.25) is 13.9 Å². The number of rotatable bonds is 4. The van der Waals surface area contributed by atoms with Crippen LogP contribution in [0.4, 0.5) is 0 Å². The fourth-order valence-electron chi connectivity index (χ4n) is 0.923. The standard InChI is InChI=1S/C8H9O3PS3/c9-7(6-4-2-1-3-5-6)8(13)11-12(10,14)15/h1-5,8,13H,(H2,10,14,15). The van der Waals surface area contributed by atoms with Gasteiger partial charge in [-0.15, -0.1) is 12.6 Å². The number of carbonyl (C=O) groups excluding carboxylic acids is 1. The van der Waals surface area contributed by atoms with Crippen molar-refractivity contribution in [2.45, 2.75) is 5.44 Å². The van der Waals surface area contributed by atoms with Gasteiger partial charge in [0.15, 0.2) is 5.44 Å². The largest absolute Gasteiger partial charge is 0.308 e. The van der Waals surface area contributed by atoms with Crippen LogP contribution in [0.15, 0.2) is 30.3 Å². The summed E-state index contributed by atoms with van der Waals surface area (Å²) in [4.78, 5) is 11.6. The lowest BCUT2D eigenvalue weighted by Crippen LogP contribution is -2.15. The van der Waals surface area contributed by atoms with E-state index in [-0.39, 0.29) is 5.78 Å². The summed E-state index contributed by atoms with van der Waals surface area (Å²) in [6.07, 6.45) is 0. The van der Waals surface area contributed by atoms with Crippen LogP contribution < -0.4 is 0 Å². The molecule has 15 heavy (non-hydrogen) atoms. The minimum absolute atomic E-state index is 0.373. The van der Waals surface area contributed by atoms with E-state index in [1.54, 1.807) is 30.3 Å². The number of benzene rings is 1. The quantitative estimate of drug-likeness (QED) is 0.344. The minimum atomic E-state index is -3.30. The molecule has 0 aliphatic rings. The van der Waals surface area contributed by atoms with Crippen molar-refractivity contribution in [3.8, 4) is 0 Å². The fraction of sp³-hybridized carbons (Fsp3) is 0.125. The topological polar surface area (TPSA) is 43.4 Å². The van der Waals surface area contributed by atoms with Crippen LogP contribution >= 0.6 is 42.9 Å². The van der Waals surface area contributed by atoms with Crippen molar-refractivity contribution in [1.29, 1.82) is 0 Å². The molecule has 1 aromatic carbocycles. The zero-order valence-electron chi connectivity index (χ0n) is 7.48. The Morgan fingerprint density at radius 2 is 1.80 bits per heavy atom. The summed E-state index contributed by atoms with van der Waals surface area (Å²) in [6.45, 7) is 0. The van der Waals surface area contributed by atoms with E-state index >= 15 is 0 Å². The number of carbonyl (C=O) groups is 1. The first-order chi connectivity index (χ1) is 6.90. The van der Waals surface area contributed by atoms with Crippen LogP contribution in [0, 0.1) is 0 Å². The summed E-state index contributed by atoms with van der Waals surface area (Å²) < 4.78 is 15.8. The van der Waals surface area contributed by atoms with E-state index in [0.717, 1.165) is 0 Å². The molecular weight excluding hydrogens is 271 g/mol. The van der Waals surface area contributed by atoms with Crippen LogP contribution in [0.1, 0.15) is 10.4 Å². The predicted molar refractivity (Wildman–Crippen MR) is 70.2 cm³/mol. The Kier molecular flexibility index (Phi) is 4.80. The van der Waals surface area contributed by atoms with Crippen LogP contribution in [0.25, 0.3) is 0 Å². The molecule has 82 valence electrons. The van der Waals surface area contributed by atoms with Gasteiger partial charge in [-0.05, 0) is 0 Å². The molecule has 3 nitrogen and oxygen atoms in total. The van der Waals surface area contributed by atoms with Crippen LogP contribution in [-0.2, 0) is 9.09 Å². The van der Waals surface area contributed by atoms with E-state index < -0.39 is 11.2 Å². The average Bonchev–Trinajstić information content (AvgIpc) is 2.15. The van der Waals surface area contributed by atoms with E-state index in [0.29, 0.717) is 5.56 Å². The summed E-state index contributed by atoms with van der Waals surface area (Å²) in [6, 6.07) is 8.46. The monoisotopic (exact) mass is 280 g/mol. The van der Waals surface area contributed by atoms with Crippen molar-refractivity contribution in [2.24, 2.45) is 0 Å². The van der Waals surface area contributed by atoms with Gasteiger partial charge in [0.25, 0.3) is 0 Å². The van der Waals surface area contributed by atoms with Crippen molar-refractivity contribution in [3.05, 3.63) is 35.9 Å². The van der Waals surface area contributed by atoms with Crippen LogP contribution in [0.5, 0.6) is 0 Å². The van der Waals surface area contributed by atoms with E-state index in [2.05, 4.69) is 37.1 Å². The van der Waals surface area contributed by atoms with Crippen molar-refractivity contribution in [1.82, 2.24) is 0 Å². The third-order valence-corrected chi connectivity index (χ3v) is 3.08. The first-order valence-corrected chi connectivity index (χ1v) is 8.36. The molecule has 0 spiro atoms. The molecule has 0 aliphatic heterocycles. The molecule has 1 atom stereocenters. The number of ketones is 1. The molecule has 1 aromatic rings. The number of thiol groups is 3. The second-order valence-electron chi connectivity index (χ2n) is 2.68. The third kappa shape index (κ3) is 4.66. The third-order valence-electron chi connectivity index (χ3n) is 1.52. The van der Waals surface area contributed by atoms with Crippen molar-refractivity contribution in [2.75, 3.05) is 0 Å². The maximum absolute atomic E-state index is 11.6. The van der Waals surface area contributed by atoms with Crippen molar-refractivity contribution >= 4 is 48.7 Å². The second kappa shape index (κ2) is 5.46. The molecule has 1 rings (SSSR count). The van der Waals surface area contributed by atoms with Crippen molar-refractivity contribution < 1.29 is 13.9 Å². The second-order valence-corrected chi connectivity index (χ2v) is 8.45. The summed E-state index contributed by atoms with van der Waals surface area (Å²) >= 11 is 11.1. The normalized spacial score (nSPS) is 13.5. The zero-order chi connectivity index (χ0) is 11.5. The molecule has 0 N–H and O–H groups in total. The van der Waals surface area contributed by atoms with Gasteiger partial charge in [-0.1, -0.05) is 54.8 Å². The Hall–Kier alpha value is 0.130. The Bertz CT molecular complexity index is 389. The minimum Gasteiger partial charge on any atom is -0.291 e. The highest BCUT2D eigenvalue weighted by Gasteiger charge is 2.23. The molecule has 0 saturated heterocycles. The first-order valence-electron chi connectivity index (χ1n) is 3.91. The summed E-state index contributed by atoms with van der Waals surface area (Å²) in [7, 11) is 0. The first kappa shape index (κ1) is 13.2. The van der Waals surface area contributed by atoms with E-state index in [9.17, 15) is 9.36 Å². The van der Waals surface area contributed by atoms with E-state index in [4.69, 9.17) is 4.52 Å². The Morgan fingerprint density at radius 1 is 1.27 bits per heavy atom. The lowest BCUT2D eigenvalue weighted by Gasteiger charge is -2.12. The van der Waals surface area contributed by atoms with Gasteiger partial charge in [0.05, 0.1) is 0 Å². The lowest BCUT2D eigenvalue weighted by molar-refractivity contribution is 0.0901. The van der Waals surface area contributed by atoms with Crippen molar-refractivity contribution in [3.63, 3.8) is 0 Å². The van der Waals surface area contributed by atoms with Gasteiger partial charge in [0, 0.05) is 5.56 Å². The zero-order valence-corrected chi connectivity index (χ0v) is 11.1. The fourth-order valence-corrected chi connectivity index (χ4v) is 2.84. The van der Waals surface area contributed by atoms with Gasteiger partial charge in [0.1, 0.15) is 0 Å². The number of hydrogen-bond acceptors (Lipinski definition) is 4. The molecule has 1 unspecified atom stereocenters. The van der Waals surface area contributed by atoms with Gasteiger partial charge in [-0.2, -0.15) is 0 Å². The molecule has 0 aromatic heterocycles. The summed E-state index contributed by atoms with van der Waals surface area (Å²) in [5.41, 5.74) is -0.680. The predicted octanol–water partition coefficient (Wildman–Crippen LogP) is 3.11. The molecule has 0 bridgehead atoms. The van der Waals surface area contributed by atoms with Crippen LogP contribution in [0.2, 0.25) is 0 Å². The Balaban J connectivity index is 2.74. The molecule has 0 radical (unpaired) electrons. The molecule has 0 amide bonds.